The van der Waals surface area contributed by atoms with E-state index in [1.165, 1.54) is 0 Å². The van der Waals surface area contributed by atoms with Crippen LogP contribution in [0.15, 0.2) is 18.2 Å². The van der Waals surface area contributed by atoms with E-state index in [2.05, 4.69) is 10.2 Å². The predicted molar refractivity (Wildman–Crippen MR) is 98.5 cm³/mol. The van der Waals surface area contributed by atoms with Gasteiger partial charge in [-0.15, -0.1) is 0 Å². The molecule has 0 spiro atoms. The molecule has 1 saturated heterocycles. The van der Waals surface area contributed by atoms with E-state index in [0.717, 1.165) is 12.8 Å². The molecule has 1 aliphatic carbocycles. The third-order valence-electron chi connectivity index (χ3n) is 5.10. The Hall–Kier alpha value is -2.28. The molecule has 1 saturated carbocycles. The number of benzene rings is 1. The average molecular weight is 361 g/mol. The van der Waals surface area contributed by atoms with Crippen molar-refractivity contribution < 1.29 is 19.1 Å². The van der Waals surface area contributed by atoms with E-state index in [9.17, 15) is 9.59 Å². The van der Waals surface area contributed by atoms with Crippen molar-refractivity contribution in [2.75, 3.05) is 45.7 Å². The lowest BCUT2D eigenvalue weighted by Gasteiger charge is -2.37. The Labute approximate surface area is 154 Å². The van der Waals surface area contributed by atoms with Crippen molar-refractivity contribution in [1.82, 2.24) is 9.80 Å². The van der Waals surface area contributed by atoms with Crippen LogP contribution in [0.2, 0.25) is 0 Å². The lowest BCUT2D eigenvalue weighted by Crippen LogP contribution is -2.54. The number of hydrogen-bond acceptors (Lipinski definition) is 5. The SMILES string of the molecule is COc1cc(NC(=O)[C@H](C)N2CCN(C(=O)C3CC3)CC2)cc(OC)c1. The van der Waals surface area contributed by atoms with Gasteiger partial charge in [-0.2, -0.15) is 0 Å². The van der Waals surface area contributed by atoms with E-state index >= 15 is 0 Å². The van der Waals surface area contributed by atoms with Crippen molar-refractivity contribution >= 4 is 17.5 Å². The van der Waals surface area contributed by atoms with Crippen molar-refractivity contribution in [3.63, 3.8) is 0 Å². The van der Waals surface area contributed by atoms with Gasteiger partial charge in [-0.05, 0) is 19.8 Å². The van der Waals surface area contributed by atoms with E-state index in [-0.39, 0.29) is 23.8 Å². The fourth-order valence-corrected chi connectivity index (χ4v) is 3.21. The molecular weight excluding hydrogens is 334 g/mol. The summed E-state index contributed by atoms with van der Waals surface area (Å²) in [6.07, 6.45) is 2.06. The molecule has 0 unspecified atom stereocenters. The zero-order valence-corrected chi connectivity index (χ0v) is 15.7. The summed E-state index contributed by atoms with van der Waals surface area (Å²) in [5.41, 5.74) is 0.639. The topological polar surface area (TPSA) is 71.1 Å². The summed E-state index contributed by atoms with van der Waals surface area (Å²) in [6.45, 7) is 4.72. The fraction of sp³-hybridized carbons (Fsp3) is 0.579. The summed E-state index contributed by atoms with van der Waals surface area (Å²) in [7, 11) is 3.15. The molecule has 2 amide bonds. The van der Waals surface area contributed by atoms with Crippen LogP contribution in [0.25, 0.3) is 0 Å². The molecule has 1 aromatic rings. The smallest absolute Gasteiger partial charge is 0.241 e. The lowest BCUT2D eigenvalue weighted by atomic mass is 10.2. The molecule has 142 valence electrons. The maximum atomic E-state index is 12.6. The van der Waals surface area contributed by atoms with E-state index in [1.54, 1.807) is 32.4 Å². The normalized spacial score (nSPS) is 19.0. The molecule has 0 radical (unpaired) electrons. The summed E-state index contributed by atoms with van der Waals surface area (Å²) in [4.78, 5) is 28.8. The quantitative estimate of drug-likeness (QED) is 0.833. The van der Waals surface area contributed by atoms with Crippen LogP contribution in [0.4, 0.5) is 5.69 Å². The third kappa shape index (κ3) is 4.27. The highest BCUT2D eigenvalue weighted by atomic mass is 16.5. The molecule has 1 heterocycles. The van der Waals surface area contributed by atoms with Crippen molar-refractivity contribution in [3.05, 3.63) is 18.2 Å². The first-order valence-corrected chi connectivity index (χ1v) is 9.08. The molecule has 7 heteroatoms. The Morgan fingerprint density at radius 1 is 1.04 bits per heavy atom. The molecule has 1 atom stereocenters. The number of nitrogens with one attached hydrogen (secondary N) is 1. The van der Waals surface area contributed by atoms with Crippen molar-refractivity contribution in [2.45, 2.75) is 25.8 Å². The van der Waals surface area contributed by atoms with Gasteiger partial charge in [0.1, 0.15) is 11.5 Å². The minimum Gasteiger partial charge on any atom is -0.497 e. The van der Waals surface area contributed by atoms with Gasteiger partial charge in [0, 0.05) is 56.0 Å². The van der Waals surface area contributed by atoms with Crippen LogP contribution in [0.1, 0.15) is 19.8 Å². The predicted octanol–water partition coefficient (Wildman–Crippen LogP) is 1.58. The van der Waals surface area contributed by atoms with Crippen molar-refractivity contribution in [2.24, 2.45) is 5.92 Å². The summed E-state index contributed by atoms with van der Waals surface area (Å²) in [5.74, 6) is 1.71. The molecule has 2 aliphatic rings. The standard InChI is InChI=1S/C19H27N3O4/c1-13(21-6-8-22(9-7-21)19(24)14-4-5-14)18(23)20-15-10-16(25-2)12-17(11-15)26-3/h10-14H,4-9H2,1-3H3,(H,20,23)/t13-/m0/s1. The third-order valence-corrected chi connectivity index (χ3v) is 5.10. The lowest BCUT2D eigenvalue weighted by molar-refractivity contribution is -0.135. The summed E-state index contributed by atoms with van der Waals surface area (Å²) >= 11 is 0. The van der Waals surface area contributed by atoms with Gasteiger partial charge in [-0.25, -0.2) is 0 Å². The van der Waals surface area contributed by atoms with E-state index in [1.807, 2.05) is 11.8 Å². The van der Waals surface area contributed by atoms with Crippen LogP contribution < -0.4 is 14.8 Å². The number of amides is 2. The second kappa shape index (κ2) is 7.95. The number of carbonyl (C=O) groups is 2. The molecule has 0 bridgehead atoms. The maximum Gasteiger partial charge on any atom is 0.241 e. The van der Waals surface area contributed by atoms with Gasteiger partial charge in [0.25, 0.3) is 0 Å². The van der Waals surface area contributed by atoms with E-state index in [0.29, 0.717) is 43.4 Å². The average Bonchev–Trinajstić information content (AvgIpc) is 3.51. The Morgan fingerprint density at radius 3 is 2.12 bits per heavy atom. The number of methoxy groups -OCH3 is 2. The van der Waals surface area contributed by atoms with Gasteiger partial charge in [-0.3, -0.25) is 14.5 Å². The van der Waals surface area contributed by atoms with Gasteiger partial charge < -0.3 is 19.7 Å². The number of nitrogens with zero attached hydrogens (tertiary/aromatic N) is 2. The highest BCUT2D eigenvalue weighted by molar-refractivity contribution is 5.95. The molecule has 3 rings (SSSR count). The van der Waals surface area contributed by atoms with Gasteiger partial charge in [-0.1, -0.05) is 0 Å². The molecule has 26 heavy (non-hydrogen) atoms. The van der Waals surface area contributed by atoms with E-state index < -0.39 is 0 Å². The first-order valence-electron chi connectivity index (χ1n) is 9.08. The summed E-state index contributed by atoms with van der Waals surface area (Å²) < 4.78 is 10.5. The zero-order valence-electron chi connectivity index (χ0n) is 15.7. The number of anilines is 1. The first-order chi connectivity index (χ1) is 12.5. The minimum atomic E-state index is -0.273. The van der Waals surface area contributed by atoms with Crippen LogP contribution in [0.5, 0.6) is 11.5 Å². The second-order valence-corrected chi connectivity index (χ2v) is 6.90. The second-order valence-electron chi connectivity index (χ2n) is 6.90. The fourth-order valence-electron chi connectivity index (χ4n) is 3.21. The molecule has 2 fully saturated rings. The van der Waals surface area contributed by atoms with Gasteiger partial charge >= 0.3 is 0 Å². The van der Waals surface area contributed by atoms with Crippen molar-refractivity contribution in [3.8, 4) is 11.5 Å². The van der Waals surface area contributed by atoms with Crippen LogP contribution in [-0.4, -0.2) is 68.1 Å². The Morgan fingerprint density at radius 2 is 1.62 bits per heavy atom. The minimum absolute atomic E-state index is 0.0812. The molecular formula is C19H27N3O4. The maximum absolute atomic E-state index is 12.6. The Bertz CT molecular complexity index is 644. The van der Waals surface area contributed by atoms with Crippen LogP contribution in [-0.2, 0) is 9.59 Å². The molecule has 7 nitrogen and oxygen atoms in total. The zero-order chi connectivity index (χ0) is 18.7. The Balaban J connectivity index is 1.55. The Kier molecular flexibility index (Phi) is 5.66. The van der Waals surface area contributed by atoms with Crippen LogP contribution in [0.3, 0.4) is 0 Å². The van der Waals surface area contributed by atoms with Crippen molar-refractivity contribution in [1.29, 1.82) is 0 Å². The highest BCUT2D eigenvalue weighted by Gasteiger charge is 2.35. The number of piperazine rings is 1. The molecule has 1 N–H and O–H groups in total. The van der Waals surface area contributed by atoms with Gasteiger partial charge in [0.2, 0.25) is 11.8 Å². The summed E-state index contributed by atoms with van der Waals surface area (Å²) in [5, 5.41) is 2.93. The number of ether oxygens (including phenoxy) is 2. The molecule has 0 aromatic heterocycles. The largest absolute Gasteiger partial charge is 0.497 e. The van der Waals surface area contributed by atoms with Gasteiger partial charge in [0.15, 0.2) is 0 Å². The number of hydrogen-bond donors (Lipinski definition) is 1. The van der Waals surface area contributed by atoms with Crippen LogP contribution >= 0.6 is 0 Å². The van der Waals surface area contributed by atoms with Crippen LogP contribution in [0, 0.1) is 5.92 Å². The van der Waals surface area contributed by atoms with E-state index in [4.69, 9.17) is 9.47 Å². The van der Waals surface area contributed by atoms with Gasteiger partial charge in [0.05, 0.1) is 20.3 Å². The summed E-state index contributed by atoms with van der Waals surface area (Å²) in [6, 6.07) is 5.01. The first kappa shape index (κ1) is 18.5. The molecule has 1 aliphatic heterocycles. The molecule has 1 aromatic carbocycles. The number of rotatable bonds is 6. The monoisotopic (exact) mass is 361 g/mol. The highest BCUT2D eigenvalue weighted by Crippen LogP contribution is 2.31. The number of carbonyl (C=O) groups excluding carboxylic acids is 2.